The highest BCUT2D eigenvalue weighted by atomic mass is 32.2. The molecule has 0 amide bonds. The van der Waals surface area contributed by atoms with E-state index in [0.717, 1.165) is 31.6 Å². The molecule has 0 fully saturated rings. The summed E-state index contributed by atoms with van der Waals surface area (Å²) in [4.78, 5) is 12.5. The van der Waals surface area contributed by atoms with E-state index in [1.165, 1.54) is 276 Å². The average Bonchev–Trinajstić information content (AvgIpc) is 3.25. The van der Waals surface area contributed by atoms with Crippen LogP contribution in [0.15, 0.2) is 0 Å². The van der Waals surface area contributed by atoms with Crippen LogP contribution in [0.4, 0.5) is 0 Å². The third kappa shape index (κ3) is 44.8. The Kier molecular flexibility index (Phi) is 50.3. The lowest BCUT2D eigenvalue weighted by molar-refractivity contribution is -0.111. The topological polar surface area (TPSA) is 38.3 Å². The van der Waals surface area contributed by atoms with Gasteiger partial charge in [0.1, 0.15) is 0 Å². The maximum absolute atomic E-state index is 12.5. The summed E-state index contributed by atoms with van der Waals surface area (Å²) in [5, 5.41) is 4.27. The Labute approximate surface area is 385 Å². The minimum absolute atomic E-state index is 0.132. The van der Waals surface area contributed by atoms with Crippen molar-refractivity contribution in [3.05, 3.63) is 0 Å². The number of carbonyl (C=O) groups excluding carboxylic acids is 1. The van der Waals surface area contributed by atoms with Gasteiger partial charge in [0.2, 0.25) is 0 Å². The Morgan fingerprint density at radius 1 is 0.433 bits per heavy atom. The molecule has 0 heterocycles. The minimum atomic E-state index is -1.25. The number of nitrogens with one attached hydrogen (secondary N) is 1. The highest BCUT2D eigenvalue weighted by Crippen LogP contribution is 2.26. The summed E-state index contributed by atoms with van der Waals surface area (Å²) in [6, 6.07) is 1.19. The highest BCUT2D eigenvalue weighted by molar-refractivity contribution is 8.13. The van der Waals surface area contributed by atoms with Gasteiger partial charge in [-0.05, 0) is 45.3 Å². The Balaban J connectivity index is 4.39. The van der Waals surface area contributed by atoms with Crippen LogP contribution in [0.25, 0.3) is 0 Å². The number of hydrogen-bond donors (Lipinski definition) is 1. The average molecular weight is 881 g/mol. The Morgan fingerprint density at radius 2 is 0.717 bits per heavy atom. The fraction of sp³-hybridized carbons (Fsp3) is 0.982. The standard InChI is InChI=1S/C55H113NO2SSi/c1-6-9-12-15-18-21-23-25-27-29-31-33-36-39-42-45-49-55(56-4,50-46-43-40-37-34-32-30-28-26-24-22-19-16-13-10-7-2)53-58-60(5)52-47-51-59-54(57)48-44-41-38-35-20-17-14-11-8-3/h56,60H,6-53H2,1-5H3. The quantitative estimate of drug-likeness (QED) is 0.0488. The monoisotopic (exact) mass is 880 g/mol. The van der Waals surface area contributed by atoms with E-state index in [2.05, 4.69) is 39.7 Å². The van der Waals surface area contributed by atoms with Crippen LogP contribution < -0.4 is 5.32 Å². The molecule has 1 unspecified atom stereocenters. The zero-order valence-electron chi connectivity index (χ0n) is 42.2. The van der Waals surface area contributed by atoms with Crippen LogP contribution in [0.2, 0.25) is 12.6 Å². The molecular weight excluding hydrogens is 767 g/mol. The molecule has 0 aliphatic carbocycles. The van der Waals surface area contributed by atoms with E-state index in [1.54, 1.807) is 11.8 Å². The van der Waals surface area contributed by atoms with Crippen molar-refractivity contribution < 1.29 is 9.22 Å². The van der Waals surface area contributed by atoms with Crippen molar-refractivity contribution in [2.75, 3.05) is 19.4 Å². The Hall–Kier alpha value is 0.157. The van der Waals surface area contributed by atoms with Crippen molar-refractivity contribution >= 4 is 25.9 Å². The van der Waals surface area contributed by atoms with Crippen molar-refractivity contribution in [2.45, 2.75) is 328 Å². The van der Waals surface area contributed by atoms with Crippen LogP contribution in [0.3, 0.4) is 0 Å². The zero-order chi connectivity index (χ0) is 43.7. The summed E-state index contributed by atoms with van der Waals surface area (Å²) >= 11 is 1.60. The molecule has 0 spiro atoms. The van der Waals surface area contributed by atoms with Crippen LogP contribution in [-0.2, 0) is 9.22 Å². The number of hydrogen-bond acceptors (Lipinski definition) is 4. The zero-order valence-corrected chi connectivity index (χ0v) is 44.2. The molecule has 3 nitrogen and oxygen atoms in total. The van der Waals surface area contributed by atoms with Crippen LogP contribution in [0, 0.1) is 0 Å². The fourth-order valence-corrected chi connectivity index (χ4v) is 11.9. The molecule has 5 heteroatoms. The van der Waals surface area contributed by atoms with E-state index in [4.69, 9.17) is 4.43 Å². The third-order valence-electron chi connectivity index (χ3n) is 13.7. The predicted molar refractivity (Wildman–Crippen MR) is 278 cm³/mol. The summed E-state index contributed by atoms with van der Waals surface area (Å²) in [7, 11) is 0.963. The lowest BCUT2D eigenvalue weighted by Gasteiger charge is -2.35. The van der Waals surface area contributed by atoms with Crippen molar-refractivity contribution in [1.82, 2.24) is 5.32 Å². The second-order valence-electron chi connectivity index (χ2n) is 19.7. The van der Waals surface area contributed by atoms with E-state index in [9.17, 15) is 4.79 Å². The molecule has 0 saturated heterocycles. The van der Waals surface area contributed by atoms with Crippen molar-refractivity contribution in [3.63, 3.8) is 0 Å². The van der Waals surface area contributed by atoms with Gasteiger partial charge in [0.15, 0.2) is 14.2 Å². The molecular formula is C55H113NO2SSi. The SMILES string of the molecule is CCCCCCCCCCCCCCCCCCC(CCCCCCCCCCCCCCCCCC)(CO[SiH](C)CCCSC(=O)CCCCCCCCCCC)NC. The molecule has 0 aliphatic heterocycles. The summed E-state index contributed by atoms with van der Waals surface area (Å²) in [6.45, 7) is 10.2. The smallest absolute Gasteiger partial charge is 0.188 e. The van der Waals surface area contributed by atoms with Gasteiger partial charge >= 0.3 is 0 Å². The van der Waals surface area contributed by atoms with Gasteiger partial charge in [-0.1, -0.05) is 289 Å². The molecule has 1 atom stereocenters. The first-order valence-corrected chi connectivity index (χ1v) is 31.4. The van der Waals surface area contributed by atoms with Gasteiger partial charge in [-0.25, -0.2) is 0 Å². The molecule has 0 aromatic rings. The van der Waals surface area contributed by atoms with Gasteiger partial charge in [-0.2, -0.15) is 0 Å². The molecule has 0 saturated carbocycles. The summed E-state index contributed by atoms with van der Waals surface area (Å²) < 4.78 is 6.78. The fourth-order valence-electron chi connectivity index (χ4n) is 9.21. The van der Waals surface area contributed by atoms with Crippen LogP contribution in [-0.4, -0.2) is 39.1 Å². The van der Waals surface area contributed by atoms with E-state index in [0.29, 0.717) is 5.12 Å². The predicted octanol–water partition coefficient (Wildman–Crippen LogP) is 19.2. The molecule has 360 valence electrons. The first-order valence-electron chi connectivity index (χ1n) is 28.0. The van der Waals surface area contributed by atoms with Crippen LogP contribution in [0.1, 0.15) is 310 Å². The highest BCUT2D eigenvalue weighted by Gasteiger charge is 2.28. The van der Waals surface area contributed by atoms with Gasteiger partial charge < -0.3 is 9.74 Å². The largest absolute Gasteiger partial charge is 0.418 e. The number of unbranched alkanes of at least 4 members (excludes halogenated alkanes) is 38. The van der Waals surface area contributed by atoms with E-state index < -0.39 is 9.04 Å². The summed E-state index contributed by atoms with van der Waals surface area (Å²) in [5.41, 5.74) is 0.132. The number of likely N-dealkylation sites (N-methyl/N-ethyl adjacent to an activating group) is 1. The molecule has 0 radical (unpaired) electrons. The van der Waals surface area contributed by atoms with Gasteiger partial charge in [-0.3, -0.25) is 4.79 Å². The minimum Gasteiger partial charge on any atom is -0.418 e. The van der Waals surface area contributed by atoms with E-state index in [1.807, 2.05) is 0 Å². The first kappa shape index (κ1) is 60.2. The van der Waals surface area contributed by atoms with Crippen molar-refractivity contribution in [2.24, 2.45) is 0 Å². The molecule has 1 N–H and O–H groups in total. The maximum atomic E-state index is 12.5. The van der Waals surface area contributed by atoms with E-state index in [-0.39, 0.29) is 5.54 Å². The number of carbonyl (C=O) groups is 1. The third-order valence-corrected chi connectivity index (χ3v) is 16.7. The molecule has 0 rings (SSSR count). The molecule has 0 aromatic heterocycles. The van der Waals surface area contributed by atoms with Gasteiger partial charge in [0.25, 0.3) is 0 Å². The van der Waals surface area contributed by atoms with Gasteiger partial charge in [0.05, 0.1) is 6.61 Å². The van der Waals surface area contributed by atoms with Gasteiger partial charge in [0, 0.05) is 17.7 Å². The molecule has 0 aliphatic rings. The maximum Gasteiger partial charge on any atom is 0.188 e. The number of rotatable bonds is 52. The molecule has 60 heavy (non-hydrogen) atoms. The first-order chi connectivity index (χ1) is 29.5. The van der Waals surface area contributed by atoms with Crippen molar-refractivity contribution in [3.8, 4) is 0 Å². The Bertz CT molecular complexity index is 790. The Morgan fingerprint density at radius 3 is 1.02 bits per heavy atom. The second-order valence-corrected chi connectivity index (χ2v) is 23.4. The van der Waals surface area contributed by atoms with Crippen molar-refractivity contribution in [1.29, 1.82) is 0 Å². The normalized spacial score (nSPS) is 12.5. The summed E-state index contributed by atoms with van der Waals surface area (Å²) in [6.07, 6.45) is 61.9. The lowest BCUT2D eigenvalue weighted by Crippen LogP contribution is -2.48. The van der Waals surface area contributed by atoms with Crippen LogP contribution >= 0.6 is 11.8 Å². The van der Waals surface area contributed by atoms with E-state index >= 15 is 0 Å². The van der Waals surface area contributed by atoms with Gasteiger partial charge in [-0.15, -0.1) is 0 Å². The molecule has 0 bridgehead atoms. The number of thioether (sulfide) groups is 1. The molecule has 0 aromatic carbocycles. The lowest BCUT2D eigenvalue weighted by atomic mass is 9.87. The van der Waals surface area contributed by atoms with Crippen LogP contribution in [0.5, 0.6) is 0 Å². The summed E-state index contributed by atoms with van der Waals surface area (Å²) in [5.74, 6) is 0.979. The second kappa shape index (κ2) is 50.2.